The van der Waals surface area contributed by atoms with Crippen LogP contribution < -0.4 is 0 Å². The molecule has 0 fully saturated rings. The molecule has 0 saturated carbocycles. The topological polar surface area (TPSA) is 36.7 Å². The lowest BCUT2D eigenvalue weighted by molar-refractivity contribution is 1.49. The molecule has 17 heavy (non-hydrogen) atoms. The first-order valence-corrected chi connectivity index (χ1v) is 7.54. The third-order valence-corrected chi connectivity index (χ3v) is 5.68. The minimum Gasteiger partial charge on any atom is -0.235 e. The maximum atomic E-state index is 8.95. The fourth-order valence-electron chi connectivity index (χ4n) is 1.53. The average molecular weight is 368 g/mol. The Morgan fingerprint density at radius 3 is 2.76 bits per heavy atom. The number of aromatic nitrogens is 1. The minimum absolute atomic E-state index is 0.741. The second kappa shape index (κ2) is 4.37. The van der Waals surface area contributed by atoms with Gasteiger partial charge < -0.3 is 0 Å². The van der Waals surface area contributed by atoms with Crippen LogP contribution in [0.5, 0.6) is 0 Å². The molecule has 0 amide bonds. The molecule has 0 aliphatic heterocycles. The molecule has 1 aromatic carbocycles. The normalized spacial score (nSPS) is 10.6. The molecule has 0 unspecified atom stereocenters. The molecule has 2 heterocycles. The fraction of sp³-hybridized carbons (Fsp3) is 0. The van der Waals surface area contributed by atoms with Crippen molar-refractivity contribution in [3.63, 3.8) is 0 Å². The largest absolute Gasteiger partial charge is 0.235 e. The van der Waals surface area contributed by atoms with Crippen LogP contribution in [-0.2, 0) is 0 Å². The standard InChI is InChI=1S/C12H5IN2S2/c13-11-7(6-14)5-10(16-11)12-15-8-3-1-2-4-9(8)17-12/h1-5H. The highest BCUT2D eigenvalue weighted by atomic mass is 127. The molecule has 0 saturated heterocycles. The summed E-state index contributed by atoms with van der Waals surface area (Å²) in [7, 11) is 0. The average Bonchev–Trinajstić information content (AvgIpc) is 2.91. The van der Waals surface area contributed by atoms with Crippen LogP contribution in [0.2, 0.25) is 0 Å². The van der Waals surface area contributed by atoms with Gasteiger partial charge in [-0.1, -0.05) is 12.1 Å². The summed E-state index contributed by atoms with van der Waals surface area (Å²) in [6, 6.07) is 12.2. The van der Waals surface area contributed by atoms with E-state index in [0.717, 1.165) is 23.8 Å². The van der Waals surface area contributed by atoms with Crippen molar-refractivity contribution in [2.24, 2.45) is 0 Å². The van der Waals surface area contributed by atoms with Gasteiger partial charge in [-0.15, -0.1) is 22.7 Å². The van der Waals surface area contributed by atoms with E-state index in [9.17, 15) is 0 Å². The molecule has 82 valence electrons. The predicted octanol–water partition coefficient (Wildman–Crippen LogP) is 4.50. The maximum Gasteiger partial charge on any atom is 0.134 e. The van der Waals surface area contributed by atoms with Crippen molar-refractivity contribution in [3.05, 3.63) is 38.8 Å². The molecular weight excluding hydrogens is 363 g/mol. The highest BCUT2D eigenvalue weighted by Crippen LogP contribution is 2.36. The number of halogens is 1. The Labute approximate surface area is 120 Å². The second-order valence-corrected chi connectivity index (χ2v) is 7.29. The van der Waals surface area contributed by atoms with Crippen molar-refractivity contribution < 1.29 is 0 Å². The van der Waals surface area contributed by atoms with E-state index in [4.69, 9.17) is 5.26 Å². The lowest BCUT2D eigenvalue weighted by Gasteiger charge is -1.84. The van der Waals surface area contributed by atoms with Gasteiger partial charge in [-0.05, 0) is 40.8 Å². The van der Waals surface area contributed by atoms with E-state index in [1.165, 1.54) is 4.70 Å². The molecule has 5 heteroatoms. The van der Waals surface area contributed by atoms with Crippen molar-refractivity contribution in [2.45, 2.75) is 0 Å². The molecule has 0 aliphatic rings. The fourth-order valence-corrected chi connectivity index (χ4v) is 4.36. The van der Waals surface area contributed by atoms with Crippen LogP contribution in [0.1, 0.15) is 5.56 Å². The Hall–Kier alpha value is -0.970. The number of fused-ring (bicyclic) bond motifs is 1. The molecule has 0 radical (unpaired) electrons. The molecule has 0 N–H and O–H groups in total. The van der Waals surface area contributed by atoms with Gasteiger partial charge in [0.05, 0.1) is 23.5 Å². The van der Waals surface area contributed by atoms with Crippen LogP contribution >= 0.6 is 45.3 Å². The van der Waals surface area contributed by atoms with Crippen molar-refractivity contribution in [3.8, 4) is 16.0 Å². The number of thiophene rings is 1. The first-order valence-electron chi connectivity index (χ1n) is 4.83. The van der Waals surface area contributed by atoms with Gasteiger partial charge in [0.2, 0.25) is 0 Å². The molecule has 2 aromatic heterocycles. The van der Waals surface area contributed by atoms with E-state index in [-0.39, 0.29) is 0 Å². The zero-order valence-corrected chi connectivity index (χ0v) is 12.3. The maximum absolute atomic E-state index is 8.95. The van der Waals surface area contributed by atoms with Crippen molar-refractivity contribution >= 4 is 55.5 Å². The molecule has 0 atom stereocenters. The Balaban J connectivity index is 2.17. The number of hydrogen-bond acceptors (Lipinski definition) is 4. The van der Waals surface area contributed by atoms with E-state index in [2.05, 4.69) is 39.7 Å². The quantitative estimate of drug-likeness (QED) is 0.593. The summed E-state index contributed by atoms with van der Waals surface area (Å²) < 4.78 is 2.21. The molecular formula is C12H5IN2S2. The number of benzene rings is 1. The van der Waals surface area contributed by atoms with Gasteiger partial charge in [-0.3, -0.25) is 0 Å². The third kappa shape index (κ3) is 1.97. The molecule has 0 bridgehead atoms. The van der Waals surface area contributed by atoms with E-state index >= 15 is 0 Å². The van der Waals surface area contributed by atoms with Gasteiger partial charge >= 0.3 is 0 Å². The smallest absolute Gasteiger partial charge is 0.134 e. The van der Waals surface area contributed by atoms with Gasteiger partial charge in [0, 0.05) is 0 Å². The number of para-hydroxylation sites is 1. The Kier molecular flexibility index (Phi) is 2.86. The van der Waals surface area contributed by atoms with E-state index in [1.807, 2.05) is 24.3 Å². The Bertz CT molecular complexity index is 703. The molecule has 2 nitrogen and oxygen atoms in total. The lowest BCUT2D eigenvalue weighted by atomic mass is 10.3. The van der Waals surface area contributed by atoms with Gasteiger partial charge in [0.15, 0.2) is 0 Å². The van der Waals surface area contributed by atoms with Crippen molar-refractivity contribution in [2.75, 3.05) is 0 Å². The summed E-state index contributed by atoms with van der Waals surface area (Å²) in [6.07, 6.45) is 0. The number of hydrogen-bond donors (Lipinski definition) is 0. The molecule has 0 aliphatic carbocycles. The number of rotatable bonds is 1. The monoisotopic (exact) mass is 368 g/mol. The molecule has 3 rings (SSSR count). The van der Waals surface area contributed by atoms with Crippen LogP contribution in [0.15, 0.2) is 30.3 Å². The summed E-state index contributed by atoms with van der Waals surface area (Å²) >= 11 is 5.49. The lowest BCUT2D eigenvalue weighted by Crippen LogP contribution is -1.69. The Morgan fingerprint density at radius 1 is 1.24 bits per heavy atom. The first kappa shape index (κ1) is 11.1. The van der Waals surface area contributed by atoms with Crippen LogP contribution in [0.4, 0.5) is 0 Å². The van der Waals surface area contributed by atoms with Gasteiger partial charge in [-0.2, -0.15) is 5.26 Å². The van der Waals surface area contributed by atoms with Gasteiger partial charge in [0.1, 0.15) is 11.1 Å². The summed E-state index contributed by atoms with van der Waals surface area (Å²) in [5.41, 5.74) is 1.76. The SMILES string of the molecule is N#Cc1cc(-c2nc3ccccc3s2)sc1I. The number of thiazole rings is 1. The van der Waals surface area contributed by atoms with E-state index in [0.29, 0.717) is 0 Å². The highest BCUT2D eigenvalue weighted by Gasteiger charge is 2.11. The number of nitriles is 1. The summed E-state index contributed by atoms with van der Waals surface area (Å²) in [4.78, 5) is 5.66. The summed E-state index contributed by atoms with van der Waals surface area (Å²) in [5.74, 6) is 0. The van der Waals surface area contributed by atoms with Gasteiger partial charge in [0.25, 0.3) is 0 Å². The van der Waals surface area contributed by atoms with Crippen molar-refractivity contribution in [1.29, 1.82) is 5.26 Å². The zero-order chi connectivity index (χ0) is 11.8. The minimum atomic E-state index is 0.741. The summed E-state index contributed by atoms with van der Waals surface area (Å²) in [6.45, 7) is 0. The van der Waals surface area contributed by atoms with Crippen LogP contribution in [-0.4, -0.2) is 4.98 Å². The van der Waals surface area contributed by atoms with Crippen molar-refractivity contribution in [1.82, 2.24) is 4.98 Å². The van der Waals surface area contributed by atoms with Gasteiger partial charge in [-0.25, -0.2) is 4.98 Å². The molecule has 3 aromatic rings. The van der Waals surface area contributed by atoms with E-state index < -0.39 is 0 Å². The first-order chi connectivity index (χ1) is 8.28. The third-order valence-electron chi connectivity index (χ3n) is 2.31. The van der Waals surface area contributed by atoms with Crippen LogP contribution in [0.3, 0.4) is 0 Å². The van der Waals surface area contributed by atoms with Crippen LogP contribution in [0.25, 0.3) is 20.1 Å². The number of nitrogens with zero attached hydrogens (tertiary/aromatic N) is 2. The Morgan fingerprint density at radius 2 is 2.06 bits per heavy atom. The predicted molar refractivity (Wildman–Crippen MR) is 80.4 cm³/mol. The van der Waals surface area contributed by atoms with E-state index in [1.54, 1.807) is 22.7 Å². The molecule has 0 spiro atoms. The highest BCUT2D eigenvalue weighted by molar-refractivity contribution is 14.1. The summed E-state index contributed by atoms with van der Waals surface area (Å²) in [5, 5.41) is 9.95. The second-order valence-electron chi connectivity index (χ2n) is 3.40. The van der Waals surface area contributed by atoms with Crippen LogP contribution in [0, 0.1) is 14.2 Å². The zero-order valence-electron chi connectivity index (χ0n) is 8.48.